The number of nitrogens with one attached hydrogen (secondary N) is 1. The number of sulfone groups is 1. The van der Waals surface area contributed by atoms with E-state index in [1.165, 1.54) is 12.1 Å². The van der Waals surface area contributed by atoms with Crippen molar-refractivity contribution < 1.29 is 22.3 Å². The van der Waals surface area contributed by atoms with Gasteiger partial charge in [0.05, 0.1) is 11.3 Å². The number of hydrogen-bond acceptors (Lipinski definition) is 4. The molecule has 0 aliphatic carbocycles. The van der Waals surface area contributed by atoms with Gasteiger partial charge in [0.25, 0.3) is 5.91 Å². The fourth-order valence-electron chi connectivity index (χ4n) is 2.80. The van der Waals surface area contributed by atoms with Gasteiger partial charge in [-0.15, -0.1) is 0 Å². The lowest BCUT2D eigenvalue weighted by Gasteiger charge is -2.10. The maximum absolute atomic E-state index is 14.6. The van der Waals surface area contributed by atoms with E-state index < -0.39 is 21.6 Å². The second kappa shape index (κ2) is 9.09. The number of aryl methyl sites for hydroxylation is 1. The van der Waals surface area contributed by atoms with Crippen molar-refractivity contribution in [2.24, 2.45) is 0 Å². The number of hydrogen-bond donors (Lipinski definition) is 1. The van der Waals surface area contributed by atoms with Crippen LogP contribution in [0.15, 0.2) is 66.7 Å². The molecule has 5 nitrogen and oxygen atoms in total. The van der Waals surface area contributed by atoms with Crippen LogP contribution in [-0.2, 0) is 9.84 Å². The Morgan fingerprint density at radius 3 is 2.37 bits per heavy atom. The summed E-state index contributed by atoms with van der Waals surface area (Å²) < 4.78 is 42.3. The molecule has 0 radical (unpaired) electrons. The van der Waals surface area contributed by atoms with Crippen molar-refractivity contribution in [1.29, 1.82) is 0 Å². The smallest absolute Gasteiger partial charge is 0.258 e. The number of ether oxygens (including phenoxy) is 1. The summed E-state index contributed by atoms with van der Waals surface area (Å²) in [7, 11) is -3.13. The molecule has 3 rings (SSSR count). The number of carbonyl (C=O) groups is 1. The molecular weight excluding hydrogens is 405 g/mol. The van der Waals surface area contributed by atoms with Gasteiger partial charge in [-0.2, -0.15) is 0 Å². The molecule has 3 aromatic carbocycles. The van der Waals surface area contributed by atoms with Gasteiger partial charge in [-0.05, 0) is 42.3 Å². The second-order valence-corrected chi connectivity index (χ2v) is 9.28. The van der Waals surface area contributed by atoms with Gasteiger partial charge in [-0.25, -0.2) is 12.8 Å². The second-order valence-electron chi connectivity index (χ2n) is 7.02. The van der Waals surface area contributed by atoms with E-state index in [0.29, 0.717) is 17.0 Å². The average molecular weight is 427 g/mol. The van der Waals surface area contributed by atoms with E-state index in [0.717, 1.165) is 17.4 Å². The van der Waals surface area contributed by atoms with Crippen LogP contribution < -0.4 is 10.1 Å². The molecule has 0 aliphatic rings. The normalized spacial score (nSPS) is 11.2. The predicted octanol–water partition coefficient (Wildman–Crippen LogP) is 4.48. The zero-order chi connectivity index (χ0) is 21.7. The largest absolute Gasteiger partial charge is 0.492 e. The zero-order valence-electron chi connectivity index (χ0n) is 16.7. The number of rotatable bonds is 7. The van der Waals surface area contributed by atoms with Crippen molar-refractivity contribution in [3.05, 3.63) is 83.7 Å². The summed E-state index contributed by atoms with van der Waals surface area (Å²) in [5.74, 6) is -0.906. The van der Waals surface area contributed by atoms with Crippen LogP contribution in [0.25, 0.3) is 11.1 Å². The Morgan fingerprint density at radius 2 is 1.70 bits per heavy atom. The molecule has 0 atom stereocenters. The van der Waals surface area contributed by atoms with Crippen molar-refractivity contribution in [3.8, 4) is 16.9 Å². The molecule has 0 saturated carbocycles. The number of anilines is 1. The Morgan fingerprint density at radius 1 is 1.00 bits per heavy atom. The Kier molecular flexibility index (Phi) is 6.52. The van der Waals surface area contributed by atoms with Gasteiger partial charge in [0.2, 0.25) is 0 Å². The maximum atomic E-state index is 14.6. The molecule has 30 heavy (non-hydrogen) atoms. The Labute approximate surface area is 175 Å². The summed E-state index contributed by atoms with van der Waals surface area (Å²) in [5, 5.41) is 2.64. The molecule has 1 amide bonds. The topological polar surface area (TPSA) is 72.5 Å². The lowest BCUT2D eigenvalue weighted by molar-refractivity contribution is 0.102. The third-order valence-corrected chi connectivity index (χ3v) is 5.32. The molecule has 0 fully saturated rings. The van der Waals surface area contributed by atoms with Gasteiger partial charge in [0.1, 0.15) is 18.2 Å². The van der Waals surface area contributed by atoms with Crippen LogP contribution in [0, 0.1) is 12.7 Å². The van der Waals surface area contributed by atoms with E-state index >= 15 is 0 Å². The summed E-state index contributed by atoms with van der Waals surface area (Å²) in [5.41, 5.74) is 3.00. The minimum atomic E-state index is -3.13. The highest BCUT2D eigenvalue weighted by molar-refractivity contribution is 7.90. The fourth-order valence-corrected chi connectivity index (χ4v) is 3.18. The molecule has 156 valence electrons. The molecule has 0 aromatic heterocycles. The van der Waals surface area contributed by atoms with E-state index in [1.807, 2.05) is 31.2 Å². The Bertz CT molecular complexity index is 1160. The van der Waals surface area contributed by atoms with Crippen LogP contribution in [0.1, 0.15) is 15.9 Å². The number of benzene rings is 3. The SMILES string of the molecule is Cc1ccc(-c2ccc(C(=O)Nc3cccc(OCCS(C)(=O)=O)c3)c(F)c2)cc1. The summed E-state index contributed by atoms with van der Waals surface area (Å²) >= 11 is 0. The number of carbonyl (C=O) groups excluding carboxylic acids is 1. The van der Waals surface area contributed by atoms with Gasteiger partial charge >= 0.3 is 0 Å². The molecule has 0 saturated heterocycles. The molecule has 3 aromatic rings. The first-order valence-electron chi connectivity index (χ1n) is 9.30. The molecule has 0 aliphatic heterocycles. The number of halogens is 1. The lowest BCUT2D eigenvalue weighted by atomic mass is 10.0. The van der Waals surface area contributed by atoms with Crippen molar-refractivity contribution >= 4 is 21.4 Å². The first-order chi connectivity index (χ1) is 14.2. The third kappa shape index (κ3) is 5.90. The maximum Gasteiger partial charge on any atom is 0.258 e. The molecule has 0 spiro atoms. The molecule has 0 bridgehead atoms. The highest BCUT2D eigenvalue weighted by Crippen LogP contribution is 2.24. The molecule has 0 unspecified atom stereocenters. The summed E-state index contributed by atoms with van der Waals surface area (Å²) in [6, 6.07) is 18.7. The highest BCUT2D eigenvalue weighted by Gasteiger charge is 2.14. The van der Waals surface area contributed by atoms with E-state index in [2.05, 4.69) is 5.32 Å². The van der Waals surface area contributed by atoms with Gasteiger partial charge in [-0.3, -0.25) is 4.79 Å². The standard InChI is InChI=1S/C23H22FNO4S/c1-16-6-8-17(9-7-16)18-10-11-21(22(24)14-18)23(26)25-19-4-3-5-20(15-19)29-12-13-30(2,27)28/h3-11,14-15H,12-13H2,1-2H3,(H,25,26). The number of amides is 1. The monoisotopic (exact) mass is 427 g/mol. The molecular formula is C23H22FNO4S. The quantitative estimate of drug-likeness (QED) is 0.604. The minimum absolute atomic E-state index is 0.00529. The van der Waals surface area contributed by atoms with Crippen LogP contribution in [0.5, 0.6) is 5.75 Å². The van der Waals surface area contributed by atoms with Crippen LogP contribution in [-0.4, -0.2) is 32.9 Å². The van der Waals surface area contributed by atoms with E-state index in [1.54, 1.807) is 30.3 Å². The van der Waals surface area contributed by atoms with Crippen molar-refractivity contribution in [2.75, 3.05) is 23.9 Å². The van der Waals surface area contributed by atoms with Gasteiger partial charge in [0, 0.05) is 18.0 Å². The van der Waals surface area contributed by atoms with Crippen LogP contribution >= 0.6 is 0 Å². The van der Waals surface area contributed by atoms with Gasteiger partial charge in [-0.1, -0.05) is 42.0 Å². The fraction of sp³-hybridized carbons (Fsp3) is 0.174. The summed E-state index contributed by atoms with van der Waals surface area (Å²) in [6.07, 6.45) is 1.13. The molecule has 0 heterocycles. The van der Waals surface area contributed by atoms with Crippen LogP contribution in [0.2, 0.25) is 0 Å². The van der Waals surface area contributed by atoms with Crippen LogP contribution in [0.3, 0.4) is 0 Å². The summed E-state index contributed by atoms with van der Waals surface area (Å²) in [4.78, 5) is 12.5. The van der Waals surface area contributed by atoms with Gasteiger partial charge < -0.3 is 10.1 Å². The molecule has 7 heteroatoms. The predicted molar refractivity (Wildman–Crippen MR) is 116 cm³/mol. The van der Waals surface area contributed by atoms with Crippen molar-refractivity contribution in [3.63, 3.8) is 0 Å². The van der Waals surface area contributed by atoms with E-state index in [4.69, 9.17) is 4.74 Å². The van der Waals surface area contributed by atoms with E-state index in [9.17, 15) is 17.6 Å². The average Bonchev–Trinajstić information content (AvgIpc) is 2.67. The third-order valence-electron chi connectivity index (χ3n) is 4.41. The van der Waals surface area contributed by atoms with Gasteiger partial charge in [0.15, 0.2) is 9.84 Å². The first-order valence-corrected chi connectivity index (χ1v) is 11.4. The van der Waals surface area contributed by atoms with E-state index in [-0.39, 0.29) is 17.9 Å². The zero-order valence-corrected chi connectivity index (χ0v) is 17.5. The lowest BCUT2D eigenvalue weighted by Crippen LogP contribution is -2.14. The minimum Gasteiger partial charge on any atom is -0.492 e. The molecule has 1 N–H and O–H groups in total. The summed E-state index contributed by atoms with van der Waals surface area (Å²) in [6.45, 7) is 1.98. The van der Waals surface area contributed by atoms with Crippen molar-refractivity contribution in [2.45, 2.75) is 6.92 Å². The highest BCUT2D eigenvalue weighted by atomic mass is 32.2. The van der Waals surface area contributed by atoms with Crippen molar-refractivity contribution in [1.82, 2.24) is 0 Å². The first kappa shape index (κ1) is 21.5. The Balaban J connectivity index is 1.70. The van der Waals surface area contributed by atoms with Crippen LogP contribution in [0.4, 0.5) is 10.1 Å². The Hall–Kier alpha value is -3.19.